The first-order chi connectivity index (χ1) is 11.7. The highest BCUT2D eigenvalue weighted by Crippen LogP contribution is 2.15. The van der Waals surface area contributed by atoms with Crippen molar-refractivity contribution in [2.24, 2.45) is 0 Å². The van der Waals surface area contributed by atoms with Gasteiger partial charge in [0.2, 0.25) is 0 Å². The van der Waals surface area contributed by atoms with Crippen LogP contribution in [0.5, 0.6) is 0 Å². The van der Waals surface area contributed by atoms with Crippen molar-refractivity contribution in [2.45, 2.75) is 13.5 Å². The van der Waals surface area contributed by atoms with Crippen LogP contribution in [0.25, 0.3) is 0 Å². The number of rotatable bonds is 8. The zero-order chi connectivity index (χ0) is 17.4. The van der Waals surface area contributed by atoms with Crippen molar-refractivity contribution >= 4 is 11.6 Å². The first-order valence-electron chi connectivity index (χ1n) is 8.15. The number of amides is 1. The molecule has 1 amide bonds. The van der Waals surface area contributed by atoms with Crippen LogP contribution in [0.4, 0.5) is 5.69 Å². The molecule has 0 aliphatic carbocycles. The van der Waals surface area contributed by atoms with Crippen LogP contribution in [0.1, 0.15) is 23.0 Å². The lowest BCUT2D eigenvalue weighted by Gasteiger charge is -2.23. The number of hydrogen-bond acceptors (Lipinski definition) is 4. The summed E-state index contributed by atoms with van der Waals surface area (Å²) >= 11 is 0. The average molecular weight is 327 g/mol. The molecule has 0 fully saturated rings. The smallest absolute Gasteiger partial charge is 0.254 e. The van der Waals surface area contributed by atoms with Crippen LogP contribution in [-0.4, -0.2) is 49.6 Å². The highest BCUT2D eigenvalue weighted by Gasteiger charge is 2.16. The van der Waals surface area contributed by atoms with Crippen LogP contribution < -0.4 is 4.90 Å². The third kappa shape index (κ3) is 4.80. The second-order valence-electron chi connectivity index (χ2n) is 5.60. The van der Waals surface area contributed by atoms with E-state index >= 15 is 0 Å². The van der Waals surface area contributed by atoms with Crippen LogP contribution >= 0.6 is 0 Å². The Kier molecular flexibility index (Phi) is 6.75. The van der Waals surface area contributed by atoms with E-state index in [0.717, 1.165) is 17.9 Å². The Bertz CT molecular complexity index is 629. The molecule has 0 unspecified atom stereocenters. The highest BCUT2D eigenvalue weighted by atomic mass is 16.5. The van der Waals surface area contributed by atoms with Crippen LogP contribution in [-0.2, 0) is 11.3 Å². The van der Waals surface area contributed by atoms with Crippen molar-refractivity contribution in [3.05, 3.63) is 59.9 Å². The van der Waals surface area contributed by atoms with E-state index in [1.165, 1.54) is 0 Å². The molecule has 0 spiro atoms. The molecule has 0 saturated carbocycles. The summed E-state index contributed by atoms with van der Waals surface area (Å²) in [4.78, 5) is 21.0. The number of pyridine rings is 1. The van der Waals surface area contributed by atoms with E-state index in [2.05, 4.69) is 16.8 Å². The maximum absolute atomic E-state index is 12.8. The molecule has 0 bridgehead atoms. The summed E-state index contributed by atoms with van der Waals surface area (Å²) in [6.07, 6.45) is 1.74. The molecule has 1 aromatic heterocycles. The third-order valence-electron chi connectivity index (χ3n) is 3.96. The Hall–Kier alpha value is -2.40. The molecule has 0 atom stereocenters. The minimum atomic E-state index is -0.0107. The molecule has 0 saturated heterocycles. The quantitative estimate of drug-likeness (QED) is 0.748. The molecular formula is C19H25N3O2. The van der Waals surface area contributed by atoms with Gasteiger partial charge in [-0.05, 0) is 43.3 Å². The zero-order valence-corrected chi connectivity index (χ0v) is 14.6. The normalized spacial score (nSPS) is 10.5. The maximum atomic E-state index is 12.8. The van der Waals surface area contributed by atoms with E-state index in [-0.39, 0.29) is 5.91 Å². The summed E-state index contributed by atoms with van der Waals surface area (Å²) in [5.41, 5.74) is 2.64. The van der Waals surface area contributed by atoms with Crippen molar-refractivity contribution < 1.29 is 9.53 Å². The van der Waals surface area contributed by atoms with Gasteiger partial charge in [0.1, 0.15) is 0 Å². The Labute approximate surface area is 143 Å². The lowest BCUT2D eigenvalue weighted by molar-refractivity contribution is 0.0678. The largest absolute Gasteiger partial charge is 0.383 e. The molecule has 0 aliphatic heterocycles. The van der Waals surface area contributed by atoms with E-state index < -0.39 is 0 Å². The predicted molar refractivity (Wildman–Crippen MR) is 96.2 cm³/mol. The molecule has 0 N–H and O–H groups in total. The predicted octanol–water partition coefficient (Wildman–Crippen LogP) is 2.83. The molecule has 5 heteroatoms. The first-order valence-corrected chi connectivity index (χ1v) is 8.15. The fraction of sp³-hybridized carbons (Fsp3) is 0.368. The molecule has 24 heavy (non-hydrogen) atoms. The molecule has 128 valence electrons. The fourth-order valence-corrected chi connectivity index (χ4v) is 2.36. The van der Waals surface area contributed by atoms with Gasteiger partial charge in [-0.25, -0.2) is 0 Å². The summed E-state index contributed by atoms with van der Waals surface area (Å²) in [6, 6.07) is 13.4. The number of benzene rings is 1. The van der Waals surface area contributed by atoms with Gasteiger partial charge in [0.05, 0.1) is 18.8 Å². The van der Waals surface area contributed by atoms with Crippen molar-refractivity contribution in [2.75, 3.05) is 38.8 Å². The number of hydrogen-bond donors (Lipinski definition) is 0. The maximum Gasteiger partial charge on any atom is 0.254 e. The van der Waals surface area contributed by atoms with E-state index in [4.69, 9.17) is 4.74 Å². The van der Waals surface area contributed by atoms with E-state index in [1.807, 2.05) is 49.5 Å². The topological polar surface area (TPSA) is 45.7 Å². The van der Waals surface area contributed by atoms with Gasteiger partial charge in [0.15, 0.2) is 0 Å². The van der Waals surface area contributed by atoms with Gasteiger partial charge >= 0.3 is 0 Å². The molecule has 1 heterocycles. The van der Waals surface area contributed by atoms with Crippen LogP contribution in [0.2, 0.25) is 0 Å². The van der Waals surface area contributed by atoms with E-state index in [1.54, 1.807) is 18.2 Å². The molecular weight excluding hydrogens is 302 g/mol. The molecule has 2 rings (SSSR count). The molecule has 1 aromatic carbocycles. The van der Waals surface area contributed by atoms with E-state index in [9.17, 15) is 4.79 Å². The number of anilines is 1. The van der Waals surface area contributed by atoms with Gasteiger partial charge in [0, 0.05) is 44.7 Å². The van der Waals surface area contributed by atoms with Gasteiger partial charge in [-0.15, -0.1) is 0 Å². The molecule has 5 nitrogen and oxygen atoms in total. The van der Waals surface area contributed by atoms with Gasteiger partial charge in [-0.1, -0.05) is 6.07 Å². The zero-order valence-electron chi connectivity index (χ0n) is 14.6. The van der Waals surface area contributed by atoms with Crippen molar-refractivity contribution in [3.63, 3.8) is 0 Å². The summed E-state index contributed by atoms with van der Waals surface area (Å²) in [6.45, 7) is 4.52. The molecule has 2 aromatic rings. The SMILES string of the molecule is CCN(C)c1ccc(C(=O)N(CCOC)Cc2ccccn2)cc1. The monoisotopic (exact) mass is 327 g/mol. The Morgan fingerprint density at radius 2 is 1.92 bits per heavy atom. The van der Waals surface area contributed by atoms with Crippen LogP contribution in [0.3, 0.4) is 0 Å². The summed E-state index contributed by atoms with van der Waals surface area (Å²) in [5.74, 6) is -0.0107. The van der Waals surface area contributed by atoms with Crippen LogP contribution in [0.15, 0.2) is 48.7 Å². The van der Waals surface area contributed by atoms with Crippen molar-refractivity contribution in [1.82, 2.24) is 9.88 Å². The van der Waals surface area contributed by atoms with Gasteiger partial charge in [-0.2, -0.15) is 0 Å². The Morgan fingerprint density at radius 3 is 2.50 bits per heavy atom. The highest BCUT2D eigenvalue weighted by molar-refractivity contribution is 5.94. The minimum Gasteiger partial charge on any atom is -0.383 e. The first kappa shape index (κ1) is 17.9. The second-order valence-corrected chi connectivity index (χ2v) is 5.60. The molecule has 0 radical (unpaired) electrons. The number of nitrogens with zero attached hydrogens (tertiary/aromatic N) is 3. The second kappa shape index (κ2) is 9.03. The summed E-state index contributed by atoms with van der Waals surface area (Å²) in [7, 11) is 3.67. The van der Waals surface area contributed by atoms with Crippen molar-refractivity contribution in [3.8, 4) is 0 Å². The van der Waals surface area contributed by atoms with E-state index in [0.29, 0.717) is 25.3 Å². The molecule has 0 aliphatic rings. The third-order valence-corrected chi connectivity index (χ3v) is 3.96. The number of aromatic nitrogens is 1. The van der Waals surface area contributed by atoms with Crippen LogP contribution in [0, 0.1) is 0 Å². The lowest BCUT2D eigenvalue weighted by Crippen LogP contribution is -2.33. The lowest BCUT2D eigenvalue weighted by atomic mass is 10.1. The fourth-order valence-electron chi connectivity index (χ4n) is 2.36. The number of methoxy groups -OCH3 is 1. The summed E-state index contributed by atoms with van der Waals surface area (Å²) < 4.78 is 5.14. The summed E-state index contributed by atoms with van der Waals surface area (Å²) in [5, 5.41) is 0. The Morgan fingerprint density at radius 1 is 1.17 bits per heavy atom. The number of carbonyl (C=O) groups is 1. The minimum absolute atomic E-state index is 0.0107. The number of carbonyl (C=O) groups excluding carboxylic acids is 1. The van der Waals surface area contributed by atoms with Gasteiger partial charge < -0.3 is 14.5 Å². The standard InChI is InChI=1S/C19H25N3O2/c1-4-21(2)18-10-8-16(9-11-18)19(23)22(13-14-24-3)15-17-7-5-6-12-20-17/h5-12H,4,13-15H2,1-3H3. The van der Waals surface area contributed by atoms with Gasteiger partial charge in [-0.3, -0.25) is 9.78 Å². The average Bonchev–Trinajstić information content (AvgIpc) is 2.65. The van der Waals surface area contributed by atoms with Gasteiger partial charge in [0.25, 0.3) is 5.91 Å². The Balaban J connectivity index is 2.14. The number of ether oxygens (including phenoxy) is 1. The van der Waals surface area contributed by atoms with Crippen molar-refractivity contribution in [1.29, 1.82) is 0 Å².